The van der Waals surface area contributed by atoms with E-state index in [4.69, 9.17) is 0 Å². The molecule has 21 heavy (non-hydrogen) atoms. The lowest BCUT2D eigenvalue weighted by Crippen LogP contribution is -2.30. The van der Waals surface area contributed by atoms with Crippen LogP contribution in [0.4, 0.5) is 0 Å². The lowest BCUT2D eigenvalue weighted by atomic mass is 10.4. The lowest BCUT2D eigenvalue weighted by molar-refractivity contribution is -0.118. The van der Waals surface area contributed by atoms with E-state index in [0.29, 0.717) is 6.54 Å². The van der Waals surface area contributed by atoms with Crippen molar-refractivity contribution in [2.24, 2.45) is 0 Å². The quantitative estimate of drug-likeness (QED) is 0.472. The molecule has 0 atom stereocenters. The Balaban J connectivity index is 2.09. The highest BCUT2D eigenvalue weighted by molar-refractivity contribution is 8.18. The number of hydrogen-bond donors (Lipinski definition) is 1. The zero-order valence-electron chi connectivity index (χ0n) is 11.6. The van der Waals surface area contributed by atoms with E-state index < -0.39 is 0 Å². The molecule has 108 valence electrons. The van der Waals surface area contributed by atoms with Gasteiger partial charge in [-0.25, -0.2) is 0 Å². The zero-order valence-corrected chi connectivity index (χ0v) is 13.2. The molecule has 0 aliphatic heterocycles. The van der Waals surface area contributed by atoms with Crippen LogP contribution < -0.4 is 5.32 Å². The maximum atomic E-state index is 12.3. The van der Waals surface area contributed by atoms with Crippen LogP contribution in [0.3, 0.4) is 0 Å². The molecule has 0 aliphatic rings. The number of hydrogen-bond acceptors (Lipinski definition) is 3. The lowest BCUT2D eigenvalue weighted by Gasteiger charge is -2.15. The minimum absolute atomic E-state index is 0.0117. The van der Waals surface area contributed by atoms with Crippen molar-refractivity contribution in [1.82, 2.24) is 5.32 Å². The predicted octanol–water partition coefficient (Wildman–Crippen LogP) is 4.20. The van der Waals surface area contributed by atoms with Crippen LogP contribution >= 0.6 is 23.5 Å². The number of amides is 1. The summed E-state index contributed by atoms with van der Waals surface area (Å²) in [7, 11) is 0. The maximum absolute atomic E-state index is 12.3. The minimum atomic E-state index is -0.227. The summed E-state index contributed by atoms with van der Waals surface area (Å²) in [4.78, 5) is 14.5. The largest absolute Gasteiger partial charge is 0.351 e. The molecule has 0 saturated carbocycles. The van der Waals surface area contributed by atoms with Gasteiger partial charge in [0.05, 0.1) is 0 Å². The van der Waals surface area contributed by atoms with Crippen molar-refractivity contribution in [3.63, 3.8) is 0 Å². The molecule has 0 radical (unpaired) electrons. The van der Waals surface area contributed by atoms with Gasteiger partial charge in [0.2, 0.25) is 5.91 Å². The van der Waals surface area contributed by atoms with Gasteiger partial charge in [-0.3, -0.25) is 4.79 Å². The van der Waals surface area contributed by atoms with Gasteiger partial charge in [0.25, 0.3) is 0 Å². The average Bonchev–Trinajstić information content (AvgIpc) is 2.54. The molecule has 0 aromatic heterocycles. The first kappa shape index (κ1) is 15.7. The standard InChI is InChI=1S/C17H17NOS2/c1-2-13-18-16(19)17(20-14-9-5-3-6-10-14)21-15-11-7-4-8-12-15/h2-12,17H,1,13H2,(H,18,19). The molecular formula is C17H17NOS2. The zero-order chi connectivity index (χ0) is 14.9. The number of carbonyl (C=O) groups is 1. The number of carbonyl (C=O) groups excluding carboxylic acids is 1. The summed E-state index contributed by atoms with van der Waals surface area (Å²) in [5.41, 5.74) is 0. The summed E-state index contributed by atoms with van der Waals surface area (Å²) in [6, 6.07) is 19.9. The summed E-state index contributed by atoms with van der Waals surface area (Å²) in [5, 5.41) is 2.87. The highest BCUT2D eigenvalue weighted by atomic mass is 32.2. The van der Waals surface area contributed by atoms with Crippen molar-refractivity contribution < 1.29 is 4.79 Å². The van der Waals surface area contributed by atoms with Crippen LogP contribution in [0.2, 0.25) is 0 Å². The van der Waals surface area contributed by atoms with Crippen molar-refractivity contribution in [2.75, 3.05) is 6.54 Å². The van der Waals surface area contributed by atoms with E-state index in [2.05, 4.69) is 11.9 Å². The molecule has 4 heteroatoms. The van der Waals surface area contributed by atoms with Crippen LogP contribution in [0.5, 0.6) is 0 Å². The second-order valence-electron chi connectivity index (χ2n) is 4.23. The van der Waals surface area contributed by atoms with Gasteiger partial charge in [-0.1, -0.05) is 42.5 Å². The Hall–Kier alpha value is -1.65. The van der Waals surface area contributed by atoms with E-state index >= 15 is 0 Å². The Morgan fingerprint density at radius 3 is 1.90 bits per heavy atom. The molecule has 0 spiro atoms. The summed E-state index contributed by atoms with van der Waals surface area (Å²) < 4.78 is -0.227. The first-order valence-corrected chi connectivity index (χ1v) is 8.37. The van der Waals surface area contributed by atoms with Gasteiger partial charge < -0.3 is 5.32 Å². The van der Waals surface area contributed by atoms with Crippen LogP contribution in [0.1, 0.15) is 0 Å². The molecule has 2 nitrogen and oxygen atoms in total. The van der Waals surface area contributed by atoms with Crippen molar-refractivity contribution in [2.45, 2.75) is 14.4 Å². The second-order valence-corrected chi connectivity index (χ2v) is 6.88. The highest BCUT2D eigenvalue weighted by Crippen LogP contribution is 2.35. The second kappa shape index (κ2) is 8.60. The van der Waals surface area contributed by atoms with Crippen LogP contribution in [-0.2, 0) is 4.79 Å². The monoisotopic (exact) mass is 315 g/mol. The number of benzene rings is 2. The molecule has 2 rings (SSSR count). The first-order chi connectivity index (χ1) is 10.3. The third kappa shape index (κ3) is 5.33. The summed E-state index contributed by atoms with van der Waals surface area (Å²) in [6.07, 6.45) is 1.69. The van der Waals surface area contributed by atoms with Crippen molar-refractivity contribution in [3.05, 3.63) is 73.3 Å². The predicted molar refractivity (Wildman–Crippen MR) is 91.6 cm³/mol. The van der Waals surface area contributed by atoms with Gasteiger partial charge in [0, 0.05) is 16.3 Å². The molecule has 0 fully saturated rings. The van der Waals surface area contributed by atoms with E-state index in [9.17, 15) is 4.79 Å². The Labute approximate surface area is 134 Å². The number of rotatable bonds is 7. The van der Waals surface area contributed by atoms with Crippen molar-refractivity contribution in [3.8, 4) is 0 Å². The Bertz CT molecular complexity index is 530. The van der Waals surface area contributed by atoms with Gasteiger partial charge in [0.15, 0.2) is 0 Å². The molecule has 1 amide bonds. The van der Waals surface area contributed by atoms with Gasteiger partial charge in [-0.15, -0.1) is 30.1 Å². The third-order valence-corrected chi connectivity index (χ3v) is 5.13. The van der Waals surface area contributed by atoms with Gasteiger partial charge >= 0.3 is 0 Å². The third-order valence-electron chi connectivity index (χ3n) is 2.61. The van der Waals surface area contributed by atoms with Gasteiger partial charge in [0.1, 0.15) is 4.58 Å². The molecule has 2 aromatic rings. The molecule has 2 aromatic carbocycles. The van der Waals surface area contributed by atoms with E-state index in [1.807, 2.05) is 60.7 Å². The SMILES string of the molecule is C=CCNC(=O)C(Sc1ccccc1)Sc1ccccc1. The maximum Gasteiger partial charge on any atom is 0.244 e. The van der Waals surface area contributed by atoms with E-state index in [1.54, 1.807) is 29.6 Å². The fraction of sp³-hybridized carbons (Fsp3) is 0.118. The molecule has 0 heterocycles. The van der Waals surface area contributed by atoms with Gasteiger partial charge in [-0.05, 0) is 24.3 Å². The normalized spacial score (nSPS) is 10.3. The Morgan fingerprint density at radius 1 is 1.00 bits per heavy atom. The molecule has 1 N–H and O–H groups in total. The smallest absolute Gasteiger partial charge is 0.244 e. The van der Waals surface area contributed by atoms with Crippen molar-refractivity contribution in [1.29, 1.82) is 0 Å². The fourth-order valence-corrected chi connectivity index (χ4v) is 4.00. The molecule has 0 unspecified atom stereocenters. The Kier molecular flexibility index (Phi) is 6.44. The van der Waals surface area contributed by atoms with Crippen LogP contribution in [0, 0.1) is 0 Å². The number of thioether (sulfide) groups is 2. The Morgan fingerprint density at radius 2 is 1.48 bits per heavy atom. The summed E-state index contributed by atoms with van der Waals surface area (Å²) in [6.45, 7) is 4.12. The fourth-order valence-electron chi connectivity index (χ4n) is 1.63. The molecule has 0 saturated heterocycles. The summed E-state index contributed by atoms with van der Waals surface area (Å²) >= 11 is 3.12. The molecule has 0 bridgehead atoms. The van der Waals surface area contributed by atoms with E-state index in [-0.39, 0.29) is 10.5 Å². The van der Waals surface area contributed by atoms with Gasteiger partial charge in [-0.2, -0.15) is 0 Å². The van der Waals surface area contributed by atoms with Crippen molar-refractivity contribution >= 4 is 29.4 Å². The van der Waals surface area contributed by atoms with Crippen LogP contribution in [0.15, 0.2) is 83.1 Å². The highest BCUT2D eigenvalue weighted by Gasteiger charge is 2.20. The average molecular weight is 315 g/mol. The molecule has 0 aliphatic carbocycles. The van der Waals surface area contributed by atoms with E-state index in [0.717, 1.165) is 9.79 Å². The van der Waals surface area contributed by atoms with E-state index in [1.165, 1.54) is 0 Å². The van der Waals surface area contributed by atoms with Crippen LogP contribution in [-0.4, -0.2) is 17.0 Å². The minimum Gasteiger partial charge on any atom is -0.351 e. The van der Waals surface area contributed by atoms with Crippen LogP contribution in [0.25, 0.3) is 0 Å². The topological polar surface area (TPSA) is 29.1 Å². The summed E-state index contributed by atoms with van der Waals surface area (Å²) in [5.74, 6) is 0.0117. The number of nitrogens with one attached hydrogen (secondary N) is 1. The molecular weight excluding hydrogens is 298 g/mol. The first-order valence-electron chi connectivity index (χ1n) is 6.61.